The highest BCUT2D eigenvalue weighted by Crippen LogP contribution is 2.25. The van der Waals surface area contributed by atoms with E-state index in [0.717, 1.165) is 4.47 Å². The van der Waals surface area contributed by atoms with Gasteiger partial charge >= 0.3 is 0 Å². The summed E-state index contributed by atoms with van der Waals surface area (Å²) in [7, 11) is 0. The molecule has 100 valence electrons. The van der Waals surface area contributed by atoms with Crippen molar-refractivity contribution in [1.29, 1.82) is 0 Å². The SMILES string of the molecule is CCN(CCO)C(=O)C(C)Oc1ccccc1Br. The molecule has 1 amide bonds. The van der Waals surface area contributed by atoms with Gasteiger partial charge in [-0.25, -0.2) is 0 Å². The van der Waals surface area contributed by atoms with Gasteiger partial charge in [0.2, 0.25) is 0 Å². The van der Waals surface area contributed by atoms with Crippen LogP contribution in [0.25, 0.3) is 0 Å². The first-order chi connectivity index (χ1) is 8.60. The second kappa shape index (κ2) is 7.38. The van der Waals surface area contributed by atoms with Gasteiger partial charge in [0.15, 0.2) is 6.10 Å². The summed E-state index contributed by atoms with van der Waals surface area (Å²) in [6.07, 6.45) is -0.574. The van der Waals surface area contributed by atoms with E-state index in [1.165, 1.54) is 0 Å². The third kappa shape index (κ3) is 3.99. The molecule has 1 N–H and O–H groups in total. The Labute approximate surface area is 116 Å². The molecular formula is C13H18BrNO3. The van der Waals surface area contributed by atoms with Crippen molar-refractivity contribution >= 4 is 21.8 Å². The molecule has 1 atom stereocenters. The lowest BCUT2D eigenvalue weighted by Crippen LogP contribution is -2.41. The third-order valence-corrected chi connectivity index (χ3v) is 3.21. The van der Waals surface area contributed by atoms with E-state index in [2.05, 4.69) is 15.9 Å². The Balaban J connectivity index is 2.67. The number of aliphatic hydroxyl groups excluding tert-OH is 1. The molecule has 0 saturated heterocycles. The average molecular weight is 316 g/mol. The molecule has 0 aromatic heterocycles. The predicted molar refractivity (Wildman–Crippen MR) is 73.6 cm³/mol. The van der Waals surface area contributed by atoms with Gasteiger partial charge in [-0.1, -0.05) is 12.1 Å². The minimum absolute atomic E-state index is 0.0403. The van der Waals surface area contributed by atoms with E-state index in [-0.39, 0.29) is 12.5 Å². The molecule has 0 aliphatic carbocycles. The van der Waals surface area contributed by atoms with E-state index in [1.807, 2.05) is 25.1 Å². The molecule has 0 aliphatic heterocycles. The number of para-hydroxylation sites is 1. The first kappa shape index (κ1) is 15.0. The zero-order valence-corrected chi connectivity index (χ0v) is 12.2. The summed E-state index contributed by atoms with van der Waals surface area (Å²) in [5.74, 6) is 0.515. The maximum Gasteiger partial charge on any atom is 0.263 e. The molecule has 1 unspecified atom stereocenters. The number of hydrogen-bond donors (Lipinski definition) is 1. The van der Waals surface area contributed by atoms with Crippen LogP contribution in [0.1, 0.15) is 13.8 Å². The lowest BCUT2D eigenvalue weighted by molar-refractivity contribution is -0.138. The zero-order chi connectivity index (χ0) is 13.5. The monoisotopic (exact) mass is 315 g/mol. The number of benzene rings is 1. The zero-order valence-electron chi connectivity index (χ0n) is 10.6. The van der Waals surface area contributed by atoms with Crippen LogP contribution in [0.15, 0.2) is 28.7 Å². The fraction of sp³-hybridized carbons (Fsp3) is 0.462. The van der Waals surface area contributed by atoms with Crippen LogP contribution in [-0.2, 0) is 4.79 Å². The Bertz CT molecular complexity index is 398. The van der Waals surface area contributed by atoms with Crippen LogP contribution in [0.4, 0.5) is 0 Å². The van der Waals surface area contributed by atoms with E-state index in [4.69, 9.17) is 9.84 Å². The van der Waals surface area contributed by atoms with Gasteiger partial charge in [-0.2, -0.15) is 0 Å². The Morgan fingerprint density at radius 3 is 2.72 bits per heavy atom. The molecular weight excluding hydrogens is 298 g/mol. The first-order valence-corrected chi connectivity index (χ1v) is 6.70. The molecule has 5 heteroatoms. The molecule has 0 saturated carbocycles. The molecule has 0 fully saturated rings. The van der Waals surface area contributed by atoms with Crippen molar-refractivity contribution in [2.24, 2.45) is 0 Å². The van der Waals surface area contributed by atoms with Crippen LogP contribution in [0, 0.1) is 0 Å². The van der Waals surface area contributed by atoms with Crippen LogP contribution in [0.5, 0.6) is 5.75 Å². The van der Waals surface area contributed by atoms with Gasteiger partial charge in [-0.3, -0.25) is 4.79 Å². The van der Waals surface area contributed by atoms with Crippen molar-refractivity contribution in [2.45, 2.75) is 20.0 Å². The van der Waals surface area contributed by atoms with E-state index in [0.29, 0.717) is 18.8 Å². The lowest BCUT2D eigenvalue weighted by atomic mass is 10.3. The van der Waals surface area contributed by atoms with Gasteiger partial charge in [0.25, 0.3) is 5.91 Å². The Kier molecular flexibility index (Phi) is 6.15. The largest absolute Gasteiger partial charge is 0.480 e. The normalized spacial score (nSPS) is 12.0. The van der Waals surface area contributed by atoms with Gasteiger partial charge in [0, 0.05) is 13.1 Å². The summed E-state index contributed by atoms with van der Waals surface area (Å²) < 4.78 is 6.43. The van der Waals surface area contributed by atoms with Crippen LogP contribution < -0.4 is 4.74 Å². The van der Waals surface area contributed by atoms with Gasteiger partial charge in [-0.05, 0) is 41.9 Å². The first-order valence-electron chi connectivity index (χ1n) is 5.91. The maximum atomic E-state index is 12.1. The Morgan fingerprint density at radius 1 is 1.50 bits per heavy atom. The topological polar surface area (TPSA) is 49.8 Å². The summed E-state index contributed by atoms with van der Waals surface area (Å²) in [5, 5.41) is 8.89. The van der Waals surface area contributed by atoms with Crippen molar-refractivity contribution in [2.75, 3.05) is 19.7 Å². The molecule has 1 rings (SSSR count). The second-order valence-corrected chi connectivity index (χ2v) is 4.69. The van der Waals surface area contributed by atoms with Crippen molar-refractivity contribution in [3.8, 4) is 5.75 Å². The Hall–Kier alpha value is -1.07. The standard InChI is InChI=1S/C13H18BrNO3/c1-3-15(8-9-16)13(17)10(2)18-12-7-5-4-6-11(12)14/h4-7,10,16H,3,8-9H2,1-2H3. The third-order valence-electron chi connectivity index (χ3n) is 2.55. The fourth-order valence-corrected chi connectivity index (χ4v) is 1.96. The molecule has 0 spiro atoms. The number of likely N-dealkylation sites (N-methyl/N-ethyl adjacent to an activating group) is 1. The summed E-state index contributed by atoms with van der Waals surface area (Å²) in [6.45, 7) is 4.43. The number of aliphatic hydroxyl groups is 1. The van der Waals surface area contributed by atoms with Crippen molar-refractivity contribution in [3.05, 3.63) is 28.7 Å². The Morgan fingerprint density at radius 2 is 2.17 bits per heavy atom. The van der Waals surface area contributed by atoms with Gasteiger partial charge in [0.1, 0.15) is 5.75 Å². The van der Waals surface area contributed by atoms with E-state index in [1.54, 1.807) is 17.9 Å². The highest BCUT2D eigenvalue weighted by Gasteiger charge is 2.21. The smallest absolute Gasteiger partial charge is 0.263 e. The number of carbonyl (C=O) groups excluding carboxylic acids is 1. The number of halogens is 1. The summed E-state index contributed by atoms with van der Waals surface area (Å²) in [5.41, 5.74) is 0. The van der Waals surface area contributed by atoms with Crippen molar-refractivity contribution in [1.82, 2.24) is 4.90 Å². The van der Waals surface area contributed by atoms with Gasteiger partial charge in [-0.15, -0.1) is 0 Å². The average Bonchev–Trinajstić information content (AvgIpc) is 2.37. The molecule has 0 radical (unpaired) electrons. The molecule has 4 nitrogen and oxygen atoms in total. The number of carbonyl (C=O) groups is 1. The van der Waals surface area contributed by atoms with Crippen LogP contribution in [0.2, 0.25) is 0 Å². The number of ether oxygens (including phenoxy) is 1. The maximum absolute atomic E-state index is 12.1. The van der Waals surface area contributed by atoms with Gasteiger partial charge in [0.05, 0.1) is 11.1 Å². The van der Waals surface area contributed by atoms with Gasteiger partial charge < -0.3 is 14.7 Å². The number of rotatable bonds is 6. The minimum atomic E-state index is -0.574. The molecule has 0 aliphatic rings. The number of hydrogen-bond acceptors (Lipinski definition) is 3. The molecule has 1 aromatic rings. The van der Waals surface area contributed by atoms with E-state index < -0.39 is 6.10 Å². The summed E-state index contributed by atoms with van der Waals surface area (Å²) in [6, 6.07) is 7.39. The lowest BCUT2D eigenvalue weighted by Gasteiger charge is -2.24. The molecule has 18 heavy (non-hydrogen) atoms. The molecule has 1 aromatic carbocycles. The highest BCUT2D eigenvalue weighted by atomic mass is 79.9. The summed E-state index contributed by atoms with van der Waals surface area (Å²) >= 11 is 3.37. The fourth-order valence-electron chi connectivity index (χ4n) is 1.58. The number of amides is 1. The van der Waals surface area contributed by atoms with E-state index >= 15 is 0 Å². The molecule has 0 bridgehead atoms. The summed E-state index contributed by atoms with van der Waals surface area (Å²) in [4.78, 5) is 13.6. The highest BCUT2D eigenvalue weighted by molar-refractivity contribution is 9.10. The minimum Gasteiger partial charge on any atom is -0.480 e. The second-order valence-electron chi connectivity index (χ2n) is 3.83. The van der Waals surface area contributed by atoms with E-state index in [9.17, 15) is 4.79 Å². The quantitative estimate of drug-likeness (QED) is 0.874. The molecule has 0 heterocycles. The van der Waals surface area contributed by atoms with Crippen molar-refractivity contribution < 1.29 is 14.6 Å². The number of nitrogens with zero attached hydrogens (tertiary/aromatic N) is 1. The van der Waals surface area contributed by atoms with Crippen LogP contribution in [0.3, 0.4) is 0 Å². The predicted octanol–water partition coefficient (Wildman–Crippen LogP) is 2.06. The van der Waals surface area contributed by atoms with Crippen LogP contribution in [-0.4, -0.2) is 41.7 Å². The van der Waals surface area contributed by atoms with Crippen LogP contribution >= 0.6 is 15.9 Å². The van der Waals surface area contributed by atoms with Crippen molar-refractivity contribution in [3.63, 3.8) is 0 Å².